The fourth-order valence-electron chi connectivity index (χ4n) is 3.47. The minimum atomic E-state index is -0.193. The van der Waals surface area contributed by atoms with Crippen molar-refractivity contribution < 1.29 is 9.53 Å². The maximum Gasteiger partial charge on any atom is 0.249 e. The Kier molecular flexibility index (Phi) is 6.29. The lowest BCUT2D eigenvalue weighted by Crippen LogP contribution is -2.49. The van der Waals surface area contributed by atoms with Crippen molar-refractivity contribution in [3.05, 3.63) is 6.33 Å². The second kappa shape index (κ2) is 8.66. The van der Waals surface area contributed by atoms with E-state index in [0.29, 0.717) is 25.7 Å². The van der Waals surface area contributed by atoms with Crippen LogP contribution in [-0.2, 0) is 9.53 Å². The molecule has 0 saturated carbocycles. The lowest BCUT2D eigenvalue weighted by Gasteiger charge is -2.38. The van der Waals surface area contributed by atoms with Crippen molar-refractivity contribution in [2.24, 2.45) is 5.92 Å². The number of unbranched alkanes of at least 4 members (excludes halogenated alkanes) is 1. The predicted molar refractivity (Wildman–Crippen MR) is 104 cm³/mol. The molecule has 1 fully saturated rings. The highest BCUT2D eigenvalue weighted by molar-refractivity contribution is 6.06. The molecule has 7 nitrogen and oxygen atoms in total. The van der Waals surface area contributed by atoms with Crippen LogP contribution in [0.25, 0.3) is 0 Å². The number of ether oxygens (including phenoxy) is 1. The molecule has 26 heavy (non-hydrogen) atoms. The number of hydrogen-bond donors (Lipinski definition) is 1. The van der Waals surface area contributed by atoms with E-state index in [1.807, 2.05) is 4.90 Å². The largest absolute Gasteiger partial charge is 0.378 e. The van der Waals surface area contributed by atoms with E-state index in [0.717, 1.165) is 56.1 Å². The summed E-state index contributed by atoms with van der Waals surface area (Å²) in [7, 11) is 0. The van der Waals surface area contributed by atoms with Crippen molar-refractivity contribution in [2.75, 3.05) is 48.0 Å². The molecule has 144 valence electrons. The number of rotatable bonds is 7. The van der Waals surface area contributed by atoms with Gasteiger partial charge in [-0.2, -0.15) is 0 Å². The third kappa shape index (κ3) is 4.09. The Morgan fingerprint density at radius 3 is 2.77 bits per heavy atom. The zero-order chi connectivity index (χ0) is 18.5. The predicted octanol–water partition coefficient (Wildman–Crippen LogP) is 2.68. The Morgan fingerprint density at radius 1 is 1.31 bits per heavy atom. The molecule has 2 aliphatic rings. The standard InChI is InChI=1S/C19H31N5O2/c1-4-5-6-15-19(25)24(8-7-14(2)3)16-17(22-15)20-13-21-18(16)23-9-11-26-12-10-23/h13-15H,4-12H2,1-3H3,(H,20,21,22)/t15-/m0/s1. The van der Waals surface area contributed by atoms with Crippen LogP contribution in [0.5, 0.6) is 0 Å². The van der Waals surface area contributed by atoms with Crippen LogP contribution < -0.4 is 15.1 Å². The molecule has 1 N–H and O–H groups in total. The Bertz CT molecular complexity index is 616. The molecule has 7 heteroatoms. The SMILES string of the molecule is CCCC[C@@H]1Nc2ncnc(N3CCOCC3)c2N(CCC(C)C)C1=O. The van der Waals surface area contributed by atoms with Crippen molar-refractivity contribution in [2.45, 2.75) is 52.5 Å². The molecule has 1 amide bonds. The molecule has 3 heterocycles. The summed E-state index contributed by atoms with van der Waals surface area (Å²) in [5.41, 5.74) is 0.841. The van der Waals surface area contributed by atoms with Gasteiger partial charge in [0, 0.05) is 19.6 Å². The molecule has 2 aliphatic heterocycles. The number of hydrogen-bond acceptors (Lipinski definition) is 6. The summed E-state index contributed by atoms with van der Waals surface area (Å²) in [6, 6.07) is -0.193. The van der Waals surface area contributed by atoms with Gasteiger partial charge < -0.3 is 19.9 Å². The van der Waals surface area contributed by atoms with Gasteiger partial charge in [0.1, 0.15) is 18.1 Å². The smallest absolute Gasteiger partial charge is 0.249 e. The van der Waals surface area contributed by atoms with Gasteiger partial charge in [0.25, 0.3) is 0 Å². The average molecular weight is 361 g/mol. The van der Waals surface area contributed by atoms with Gasteiger partial charge in [0.05, 0.1) is 13.2 Å². The molecule has 0 unspecified atom stereocenters. The Balaban J connectivity index is 1.94. The molecular weight excluding hydrogens is 330 g/mol. The molecular formula is C19H31N5O2. The van der Waals surface area contributed by atoms with Crippen molar-refractivity contribution in [3.63, 3.8) is 0 Å². The maximum absolute atomic E-state index is 13.2. The number of carbonyl (C=O) groups is 1. The highest BCUT2D eigenvalue weighted by Crippen LogP contribution is 2.38. The molecule has 0 aromatic carbocycles. The molecule has 0 spiro atoms. The average Bonchev–Trinajstić information content (AvgIpc) is 2.66. The van der Waals surface area contributed by atoms with Gasteiger partial charge in [-0.05, 0) is 18.8 Å². The van der Waals surface area contributed by atoms with Crippen LogP contribution in [0.1, 0.15) is 46.5 Å². The quantitative estimate of drug-likeness (QED) is 0.805. The minimum absolute atomic E-state index is 0.149. The first kappa shape index (κ1) is 18.9. The summed E-state index contributed by atoms with van der Waals surface area (Å²) in [6.07, 6.45) is 5.50. The number of amides is 1. The van der Waals surface area contributed by atoms with Crippen LogP contribution in [-0.4, -0.2) is 54.8 Å². The summed E-state index contributed by atoms with van der Waals surface area (Å²) >= 11 is 0. The molecule has 1 atom stereocenters. The highest BCUT2D eigenvalue weighted by atomic mass is 16.5. The van der Waals surface area contributed by atoms with Gasteiger partial charge in [0.2, 0.25) is 5.91 Å². The van der Waals surface area contributed by atoms with E-state index in [9.17, 15) is 4.79 Å². The fraction of sp³-hybridized carbons (Fsp3) is 0.737. The highest BCUT2D eigenvalue weighted by Gasteiger charge is 2.36. The second-order valence-electron chi connectivity index (χ2n) is 7.51. The van der Waals surface area contributed by atoms with E-state index in [-0.39, 0.29) is 11.9 Å². The fourth-order valence-corrected chi connectivity index (χ4v) is 3.47. The molecule has 0 bridgehead atoms. The van der Waals surface area contributed by atoms with Crippen LogP contribution in [0.2, 0.25) is 0 Å². The van der Waals surface area contributed by atoms with Gasteiger partial charge in [-0.3, -0.25) is 4.79 Å². The van der Waals surface area contributed by atoms with Crippen molar-refractivity contribution in [3.8, 4) is 0 Å². The van der Waals surface area contributed by atoms with E-state index in [1.165, 1.54) is 0 Å². The third-order valence-electron chi connectivity index (χ3n) is 5.03. The summed E-state index contributed by atoms with van der Waals surface area (Å²) in [5, 5.41) is 3.38. The molecule has 0 aliphatic carbocycles. The number of nitrogens with zero attached hydrogens (tertiary/aromatic N) is 4. The van der Waals surface area contributed by atoms with E-state index in [2.05, 4.69) is 41.0 Å². The molecule has 1 aromatic rings. The van der Waals surface area contributed by atoms with Gasteiger partial charge >= 0.3 is 0 Å². The third-order valence-corrected chi connectivity index (χ3v) is 5.03. The monoisotopic (exact) mass is 361 g/mol. The van der Waals surface area contributed by atoms with Crippen LogP contribution in [0.15, 0.2) is 6.33 Å². The first-order chi connectivity index (χ1) is 12.6. The van der Waals surface area contributed by atoms with Crippen LogP contribution in [0.4, 0.5) is 17.3 Å². The van der Waals surface area contributed by atoms with Crippen molar-refractivity contribution in [1.82, 2.24) is 9.97 Å². The summed E-state index contributed by atoms with van der Waals surface area (Å²) < 4.78 is 5.47. The topological polar surface area (TPSA) is 70.6 Å². The zero-order valence-electron chi connectivity index (χ0n) is 16.2. The van der Waals surface area contributed by atoms with E-state index in [4.69, 9.17) is 4.74 Å². The first-order valence-corrected chi connectivity index (χ1v) is 9.87. The van der Waals surface area contributed by atoms with Crippen LogP contribution >= 0.6 is 0 Å². The molecule has 1 aromatic heterocycles. The number of fused-ring (bicyclic) bond motifs is 1. The van der Waals surface area contributed by atoms with Crippen LogP contribution in [0, 0.1) is 5.92 Å². The zero-order valence-corrected chi connectivity index (χ0v) is 16.2. The van der Waals surface area contributed by atoms with Gasteiger partial charge in [-0.1, -0.05) is 33.6 Å². The Morgan fingerprint density at radius 2 is 2.08 bits per heavy atom. The van der Waals surface area contributed by atoms with E-state index < -0.39 is 0 Å². The lowest BCUT2D eigenvalue weighted by atomic mass is 10.0. The van der Waals surface area contributed by atoms with Gasteiger partial charge in [-0.25, -0.2) is 9.97 Å². The van der Waals surface area contributed by atoms with Crippen LogP contribution in [0.3, 0.4) is 0 Å². The number of morpholine rings is 1. The number of aromatic nitrogens is 2. The van der Waals surface area contributed by atoms with Gasteiger partial charge in [-0.15, -0.1) is 0 Å². The van der Waals surface area contributed by atoms with Crippen molar-refractivity contribution >= 4 is 23.2 Å². The summed E-state index contributed by atoms with van der Waals surface area (Å²) in [5.74, 6) is 2.31. The Labute approximate surface area is 156 Å². The summed E-state index contributed by atoms with van der Waals surface area (Å²) in [6.45, 7) is 10.2. The Hall–Kier alpha value is -1.89. The second-order valence-corrected chi connectivity index (χ2v) is 7.51. The van der Waals surface area contributed by atoms with Gasteiger partial charge in [0.15, 0.2) is 11.6 Å². The van der Waals surface area contributed by atoms with E-state index in [1.54, 1.807) is 6.33 Å². The van der Waals surface area contributed by atoms with E-state index >= 15 is 0 Å². The summed E-state index contributed by atoms with van der Waals surface area (Å²) in [4.78, 5) is 26.3. The lowest BCUT2D eigenvalue weighted by molar-refractivity contribution is -0.119. The molecule has 0 radical (unpaired) electrons. The minimum Gasteiger partial charge on any atom is -0.378 e. The normalized spacial score (nSPS) is 20.3. The maximum atomic E-state index is 13.2. The molecule has 3 rings (SSSR count). The number of nitrogens with one attached hydrogen (secondary N) is 1. The number of carbonyl (C=O) groups excluding carboxylic acids is 1. The van der Waals surface area contributed by atoms with Crippen molar-refractivity contribution in [1.29, 1.82) is 0 Å². The first-order valence-electron chi connectivity index (χ1n) is 9.87. The molecule has 1 saturated heterocycles. The number of anilines is 3.